The minimum absolute atomic E-state index is 0.00227. The van der Waals surface area contributed by atoms with Crippen LogP contribution in [0.15, 0.2) is 4.99 Å². The number of piperidine rings is 1. The summed E-state index contributed by atoms with van der Waals surface area (Å²) in [5.41, 5.74) is -1.26. The molecule has 1 aliphatic carbocycles. The number of rotatable bonds is 8. The van der Waals surface area contributed by atoms with Crippen molar-refractivity contribution in [3.63, 3.8) is 0 Å². The van der Waals surface area contributed by atoms with E-state index in [0.717, 1.165) is 13.0 Å². The molecule has 0 spiro atoms. The monoisotopic (exact) mass is 519 g/mol. The van der Waals surface area contributed by atoms with Gasteiger partial charge in [-0.1, -0.05) is 34.6 Å². The third-order valence-corrected chi connectivity index (χ3v) is 6.92. The van der Waals surface area contributed by atoms with E-state index in [1.165, 1.54) is 4.90 Å². The molecular formula is C24H40F3N5O4. The SMILES string of the molecule is CCNC(=NCCCN(C)C)OC(=O)[C@@H]1[C@@H]2[C@H](CN1C(=O)[C@@H](NC(=O)C(F)(F)F)C(C)(C)C)C2(C)C. The molecule has 2 aliphatic rings. The number of carbonyl (C=O) groups is 3. The summed E-state index contributed by atoms with van der Waals surface area (Å²) >= 11 is 0. The van der Waals surface area contributed by atoms with Crippen molar-refractivity contribution in [2.45, 2.75) is 66.2 Å². The van der Waals surface area contributed by atoms with Gasteiger partial charge in [0.05, 0.1) is 0 Å². The Morgan fingerprint density at radius 2 is 1.81 bits per heavy atom. The molecule has 0 aromatic rings. The molecule has 0 aromatic carbocycles. The van der Waals surface area contributed by atoms with E-state index in [1.54, 1.807) is 20.8 Å². The lowest BCUT2D eigenvalue weighted by Crippen LogP contribution is -2.60. The number of fused-ring (bicyclic) bond motifs is 1. The lowest BCUT2D eigenvalue weighted by atomic mass is 9.85. The molecule has 2 N–H and O–H groups in total. The average molecular weight is 520 g/mol. The highest BCUT2D eigenvalue weighted by Gasteiger charge is 2.70. The van der Waals surface area contributed by atoms with Crippen LogP contribution in [0.25, 0.3) is 0 Å². The van der Waals surface area contributed by atoms with Gasteiger partial charge in [0.2, 0.25) is 5.91 Å². The van der Waals surface area contributed by atoms with Crippen molar-refractivity contribution in [1.82, 2.24) is 20.4 Å². The van der Waals surface area contributed by atoms with E-state index in [9.17, 15) is 27.6 Å². The third kappa shape index (κ3) is 6.89. The van der Waals surface area contributed by atoms with Crippen molar-refractivity contribution in [3.8, 4) is 0 Å². The van der Waals surface area contributed by atoms with Crippen molar-refractivity contribution >= 4 is 23.8 Å². The number of ether oxygens (including phenoxy) is 1. The fourth-order valence-electron chi connectivity index (χ4n) is 4.81. The van der Waals surface area contributed by atoms with Crippen LogP contribution in [-0.4, -0.2) is 92.1 Å². The normalized spacial score (nSPS) is 24.3. The van der Waals surface area contributed by atoms with Gasteiger partial charge in [0, 0.05) is 25.6 Å². The van der Waals surface area contributed by atoms with Crippen LogP contribution in [0.5, 0.6) is 0 Å². The Hall–Kier alpha value is -2.37. The first kappa shape index (κ1) is 29.9. The Morgan fingerprint density at radius 1 is 1.19 bits per heavy atom. The number of amidine groups is 1. The van der Waals surface area contributed by atoms with Crippen LogP contribution in [0, 0.1) is 22.7 Å². The number of nitrogens with one attached hydrogen (secondary N) is 2. The molecule has 0 aromatic heterocycles. The van der Waals surface area contributed by atoms with Crippen molar-refractivity contribution in [1.29, 1.82) is 0 Å². The number of esters is 1. The molecule has 9 nitrogen and oxygen atoms in total. The molecule has 2 fully saturated rings. The molecule has 0 unspecified atom stereocenters. The predicted octanol–water partition coefficient (Wildman–Crippen LogP) is 2.02. The summed E-state index contributed by atoms with van der Waals surface area (Å²) in [6, 6.07) is -2.42. The standard InChI is InChI=1S/C24H40F3N5O4/c1-9-28-21(29-11-10-12-31(7)8)36-19(34)16-15-14(23(15,5)6)13-32(16)18(33)17(22(2,3)4)30-20(35)24(25,26)27/h14-17H,9-13H2,1-8H3,(H,28,29)(H,30,35)/t14-,15-,16-,17+/m0/s1. The van der Waals surface area contributed by atoms with Crippen LogP contribution >= 0.6 is 0 Å². The molecule has 0 radical (unpaired) electrons. The van der Waals surface area contributed by atoms with E-state index in [-0.39, 0.29) is 29.8 Å². The van der Waals surface area contributed by atoms with Crippen molar-refractivity contribution in [2.24, 2.45) is 27.7 Å². The van der Waals surface area contributed by atoms with Crippen molar-refractivity contribution in [3.05, 3.63) is 0 Å². The van der Waals surface area contributed by atoms with Crippen LogP contribution in [0.4, 0.5) is 13.2 Å². The number of hydrogen-bond donors (Lipinski definition) is 2. The summed E-state index contributed by atoms with van der Waals surface area (Å²) in [4.78, 5) is 46.2. The van der Waals surface area contributed by atoms with Gasteiger partial charge in [-0.2, -0.15) is 13.2 Å². The molecule has 1 saturated carbocycles. The smallest absolute Gasteiger partial charge is 0.391 e. The third-order valence-electron chi connectivity index (χ3n) is 6.92. The molecule has 2 rings (SSSR count). The van der Waals surface area contributed by atoms with Crippen molar-refractivity contribution < 1.29 is 32.3 Å². The fourth-order valence-corrected chi connectivity index (χ4v) is 4.81. The topological polar surface area (TPSA) is 103 Å². The zero-order chi connectivity index (χ0) is 27.6. The fraction of sp³-hybridized carbons (Fsp3) is 0.833. The molecule has 12 heteroatoms. The van der Waals surface area contributed by atoms with Crippen LogP contribution in [-0.2, 0) is 19.1 Å². The first-order valence-electron chi connectivity index (χ1n) is 12.3. The second-order valence-corrected chi connectivity index (χ2v) is 11.5. The second kappa shape index (κ2) is 10.9. The maximum atomic E-state index is 13.5. The number of hydrogen-bond acceptors (Lipinski definition) is 6. The van der Waals surface area contributed by atoms with E-state index in [4.69, 9.17) is 4.74 Å². The number of likely N-dealkylation sites (tertiary alicyclic amines) is 1. The Bertz CT molecular complexity index is 867. The number of alkyl halides is 3. The molecular weight excluding hydrogens is 479 g/mol. The maximum Gasteiger partial charge on any atom is 0.471 e. The van der Waals surface area contributed by atoms with E-state index in [0.29, 0.717) is 13.1 Å². The van der Waals surface area contributed by atoms with E-state index in [2.05, 4.69) is 10.3 Å². The minimum atomic E-state index is -5.14. The molecule has 206 valence electrons. The summed E-state index contributed by atoms with van der Waals surface area (Å²) in [6.07, 6.45) is -4.39. The van der Waals surface area contributed by atoms with E-state index < -0.39 is 41.5 Å². The predicted molar refractivity (Wildman–Crippen MR) is 129 cm³/mol. The van der Waals surface area contributed by atoms with E-state index >= 15 is 0 Å². The lowest BCUT2D eigenvalue weighted by molar-refractivity contribution is -0.176. The molecule has 1 aliphatic heterocycles. The first-order valence-corrected chi connectivity index (χ1v) is 12.3. The van der Waals surface area contributed by atoms with Gasteiger partial charge in [-0.25, -0.2) is 9.79 Å². The Labute approximate surface area is 211 Å². The number of nitrogens with zero attached hydrogens (tertiary/aromatic N) is 3. The first-order chi connectivity index (χ1) is 16.4. The highest BCUT2D eigenvalue weighted by atomic mass is 19.4. The highest BCUT2D eigenvalue weighted by molar-refractivity contribution is 5.96. The van der Waals surface area contributed by atoms with Gasteiger partial charge in [-0.05, 0) is 50.7 Å². The van der Waals surface area contributed by atoms with Gasteiger partial charge in [-0.15, -0.1) is 0 Å². The summed E-state index contributed by atoms with van der Waals surface area (Å²) in [6.45, 7) is 12.4. The van der Waals surface area contributed by atoms with Crippen LogP contribution in [0.3, 0.4) is 0 Å². The average Bonchev–Trinajstić information content (AvgIpc) is 3.08. The Morgan fingerprint density at radius 3 is 2.31 bits per heavy atom. The molecule has 0 bridgehead atoms. The van der Waals surface area contributed by atoms with Gasteiger partial charge in [0.1, 0.15) is 12.1 Å². The summed E-state index contributed by atoms with van der Waals surface area (Å²) < 4.78 is 44.5. The zero-order valence-electron chi connectivity index (χ0n) is 22.5. The number of carbonyl (C=O) groups excluding carboxylic acids is 3. The largest absolute Gasteiger partial charge is 0.471 e. The number of aliphatic imine (C=N–C) groups is 1. The van der Waals surface area contributed by atoms with Gasteiger partial charge in [-0.3, -0.25) is 9.59 Å². The highest BCUT2D eigenvalue weighted by Crippen LogP contribution is 2.65. The number of amides is 2. The Kier molecular flexibility index (Phi) is 9.07. The molecule has 1 saturated heterocycles. The second-order valence-electron chi connectivity index (χ2n) is 11.5. The van der Waals surface area contributed by atoms with Gasteiger partial charge in [0.15, 0.2) is 0 Å². The minimum Gasteiger partial charge on any atom is -0.391 e. The molecule has 36 heavy (non-hydrogen) atoms. The maximum absolute atomic E-state index is 13.5. The molecule has 4 atom stereocenters. The van der Waals surface area contributed by atoms with Gasteiger partial charge in [0.25, 0.3) is 6.02 Å². The van der Waals surface area contributed by atoms with Crippen molar-refractivity contribution in [2.75, 3.05) is 40.3 Å². The van der Waals surface area contributed by atoms with Gasteiger partial charge >= 0.3 is 18.1 Å². The van der Waals surface area contributed by atoms with Crippen LogP contribution in [0.2, 0.25) is 0 Å². The zero-order valence-corrected chi connectivity index (χ0v) is 22.5. The Balaban J connectivity index is 2.26. The molecule has 1 heterocycles. The summed E-state index contributed by atoms with van der Waals surface area (Å²) in [7, 11) is 3.88. The van der Waals surface area contributed by atoms with E-state index in [1.807, 2.05) is 45.1 Å². The molecule has 2 amide bonds. The van der Waals surface area contributed by atoms with Gasteiger partial charge < -0.3 is 25.2 Å². The summed E-state index contributed by atoms with van der Waals surface area (Å²) in [5.74, 6) is -3.83. The quantitative estimate of drug-likeness (QED) is 0.220. The lowest BCUT2D eigenvalue weighted by Gasteiger charge is -2.37. The van der Waals surface area contributed by atoms with Crippen LogP contribution < -0.4 is 10.6 Å². The van der Waals surface area contributed by atoms with Crippen LogP contribution in [0.1, 0.15) is 48.0 Å². The number of halogens is 3. The summed E-state index contributed by atoms with van der Waals surface area (Å²) in [5, 5.41) is 4.76.